The Kier molecular flexibility index (Phi) is 2.59. The highest BCUT2D eigenvalue weighted by atomic mass is 14.8. The molecule has 0 saturated carbocycles. The lowest BCUT2D eigenvalue weighted by Crippen LogP contribution is -2.10. The Morgan fingerprint density at radius 3 is 2.53 bits per heavy atom. The number of aromatic amines is 1. The third-order valence-corrected chi connectivity index (χ3v) is 2.99. The zero-order valence-electron chi connectivity index (χ0n) is 10.7. The minimum Gasteiger partial charge on any atom is -0.387 e. The van der Waals surface area contributed by atoms with Crippen LogP contribution in [0.25, 0.3) is 10.9 Å². The van der Waals surface area contributed by atoms with Crippen molar-refractivity contribution >= 4 is 16.6 Å². The van der Waals surface area contributed by atoms with Gasteiger partial charge in [-0.2, -0.15) is 5.26 Å². The molecule has 2 rings (SSSR count). The summed E-state index contributed by atoms with van der Waals surface area (Å²) in [6, 6.07) is 8.30. The van der Waals surface area contributed by atoms with Gasteiger partial charge in [0, 0.05) is 29.1 Å². The average Bonchev–Trinajstić information content (AvgIpc) is 2.70. The number of fused-ring (bicyclic) bond motifs is 1. The molecule has 0 radical (unpaired) electrons. The molecular weight excluding hydrogens is 210 g/mol. The predicted octanol–water partition coefficient (Wildman–Crippen LogP) is 3.38. The minimum absolute atomic E-state index is 0.0611. The standard InChI is InChI=1S/C14H17N3/c1-14(2,3)13-7-9-10(8-15)11(16-4)5-6-12(9)17-13/h5-7,16-17H,1-4H3. The van der Waals surface area contributed by atoms with Crippen molar-refractivity contribution in [3.8, 4) is 6.07 Å². The molecule has 0 bridgehead atoms. The van der Waals surface area contributed by atoms with Crippen molar-refractivity contribution in [2.75, 3.05) is 12.4 Å². The number of aromatic nitrogens is 1. The molecule has 1 heterocycles. The summed E-state index contributed by atoms with van der Waals surface area (Å²) in [6.07, 6.45) is 0. The van der Waals surface area contributed by atoms with E-state index in [1.807, 2.05) is 19.2 Å². The molecule has 0 spiro atoms. The second-order valence-electron chi connectivity index (χ2n) is 5.24. The Labute approximate surface area is 101 Å². The zero-order valence-corrected chi connectivity index (χ0v) is 10.7. The molecular formula is C14H17N3. The molecule has 17 heavy (non-hydrogen) atoms. The number of H-pyrrole nitrogens is 1. The first-order valence-corrected chi connectivity index (χ1v) is 5.71. The second-order valence-corrected chi connectivity index (χ2v) is 5.24. The summed E-state index contributed by atoms with van der Waals surface area (Å²) in [5.74, 6) is 0. The second kappa shape index (κ2) is 3.81. The monoisotopic (exact) mass is 227 g/mol. The normalized spacial score (nSPS) is 11.5. The molecule has 0 aliphatic heterocycles. The summed E-state index contributed by atoms with van der Waals surface area (Å²) >= 11 is 0. The van der Waals surface area contributed by atoms with Crippen LogP contribution in [0.1, 0.15) is 32.0 Å². The Balaban J connectivity index is 2.74. The molecule has 3 nitrogen and oxygen atoms in total. The van der Waals surface area contributed by atoms with E-state index >= 15 is 0 Å². The topological polar surface area (TPSA) is 51.6 Å². The number of nitrogens with one attached hydrogen (secondary N) is 2. The fraction of sp³-hybridized carbons (Fsp3) is 0.357. The number of nitriles is 1. The van der Waals surface area contributed by atoms with Gasteiger partial charge in [-0.15, -0.1) is 0 Å². The molecule has 0 fully saturated rings. The smallest absolute Gasteiger partial charge is 0.102 e. The molecule has 3 heteroatoms. The molecule has 0 aliphatic rings. The van der Waals surface area contributed by atoms with E-state index in [0.717, 1.165) is 22.3 Å². The quantitative estimate of drug-likeness (QED) is 0.784. The number of hydrogen-bond acceptors (Lipinski definition) is 2. The van der Waals surface area contributed by atoms with E-state index in [2.05, 4.69) is 43.2 Å². The predicted molar refractivity (Wildman–Crippen MR) is 71.3 cm³/mol. The number of anilines is 1. The SMILES string of the molecule is CNc1ccc2[nH]c(C(C)(C)C)cc2c1C#N. The van der Waals surface area contributed by atoms with Crippen LogP contribution in [0.3, 0.4) is 0 Å². The van der Waals surface area contributed by atoms with Gasteiger partial charge in [0.2, 0.25) is 0 Å². The van der Waals surface area contributed by atoms with Crippen LogP contribution in [-0.4, -0.2) is 12.0 Å². The summed E-state index contributed by atoms with van der Waals surface area (Å²) in [4.78, 5) is 3.38. The summed E-state index contributed by atoms with van der Waals surface area (Å²) in [5.41, 5.74) is 3.81. The first kappa shape index (κ1) is 11.5. The molecule has 0 saturated heterocycles. The van der Waals surface area contributed by atoms with Crippen LogP contribution in [0.15, 0.2) is 18.2 Å². The van der Waals surface area contributed by atoms with Crippen molar-refractivity contribution in [2.24, 2.45) is 0 Å². The van der Waals surface area contributed by atoms with Crippen molar-refractivity contribution in [2.45, 2.75) is 26.2 Å². The van der Waals surface area contributed by atoms with Gasteiger partial charge >= 0.3 is 0 Å². The molecule has 1 aromatic heterocycles. The highest BCUT2D eigenvalue weighted by Crippen LogP contribution is 2.30. The van der Waals surface area contributed by atoms with E-state index < -0.39 is 0 Å². The van der Waals surface area contributed by atoms with Crippen LogP contribution in [-0.2, 0) is 5.41 Å². The van der Waals surface area contributed by atoms with Gasteiger partial charge < -0.3 is 10.3 Å². The van der Waals surface area contributed by atoms with E-state index in [1.54, 1.807) is 0 Å². The maximum Gasteiger partial charge on any atom is 0.102 e. The largest absolute Gasteiger partial charge is 0.387 e. The zero-order chi connectivity index (χ0) is 12.6. The van der Waals surface area contributed by atoms with Gasteiger partial charge in [-0.3, -0.25) is 0 Å². The van der Waals surface area contributed by atoms with E-state index in [4.69, 9.17) is 0 Å². The molecule has 0 aliphatic carbocycles. The van der Waals surface area contributed by atoms with Gasteiger partial charge in [-0.1, -0.05) is 20.8 Å². The van der Waals surface area contributed by atoms with Crippen molar-refractivity contribution < 1.29 is 0 Å². The van der Waals surface area contributed by atoms with Crippen LogP contribution in [0.4, 0.5) is 5.69 Å². The summed E-state index contributed by atoms with van der Waals surface area (Å²) < 4.78 is 0. The lowest BCUT2D eigenvalue weighted by Gasteiger charge is -2.15. The van der Waals surface area contributed by atoms with Crippen LogP contribution in [0, 0.1) is 11.3 Å². The molecule has 0 unspecified atom stereocenters. The number of rotatable bonds is 1. The third-order valence-electron chi connectivity index (χ3n) is 2.99. The van der Waals surface area contributed by atoms with Crippen molar-refractivity contribution in [1.82, 2.24) is 4.98 Å². The Morgan fingerprint density at radius 2 is 2.00 bits per heavy atom. The maximum atomic E-state index is 9.26. The molecule has 88 valence electrons. The van der Waals surface area contributed by atoms with Crippen LogP contribution in [0.5, 0.6) is 0 Å². The lowest BCUT2D eigenvalue weighted by molar-refractivity contribution is 0.574. The molecule has 0 amide bonds. The van der Waals surface area contributed by atoms with Gasteiger partial charge in [0.05, 0.1) is 11.3 Å². The van der Waals surface area contributed by atoms with Crippen LogP contribution in [0.2, 0.25) is 0 Å². The molecule has 2 N–H and O–H groups in total. The van der Waals surface area contributed by atoms with Gasteiger partial charge in [0.15, 0.2) is 0 Å². The van der Waals surface area contributed by atoms with E-state index in [9.17, 15) is 5.26 Å². The average molecular weight is 227 g/mol. The lowest BCUT2D eigenvalue weighted by atomic mass is 9.92. The number of hydrogen-bond donors (Lipinski definition) is 2. The Morgan fingerprint density at radius 1 is 1.29 bits per heavy atom. The molecule has 1 aromatic carbocycles. The fourth-order valence-corrected chi connectivity index (χ4v) is 1.94. The highest BCUT2D eigenvalue weighted by Gasteiger charge is 2.18. The summed E-state index contributed by atoms with van der Waals surface area (Å²) in [5, 5.41) is 13.3. The van der Waals surface area contributed by atoms with E-state index in [0.29, 0.717) is 5.56 Å². The van der Waals surface area contributed by atoms with Crippen molar-refractivity contribution in [3.05, 3.63) is 29.5 Å². The van der Waals surface area contributed by atoms with Crippen LogP contribution >= 0.6 is 0 Å². The summed E-state index contributed by atoms with van der Waals surface area (Å²) in [7, 11) is 1.83. The van der Waals surface area contributed by atoms with Gasteiger partial charge in [0.1, 0.15) is 6.07 Å². The van der Waals surface area contributed by atoms with Gasteiger partial charge in [-0.05, 0) is 18.2 Å². The highest BCUT2D eigenvalue weighted by molar-refractivity contribution is 5.91. The minimum atomic E-state index is 0.0611. The Hall–Kier alpha value is -1.95. The molecule has 0 atom stereocenters. The van der Waals surface area contributed by atoms with Gasteiger partial charge in [0.25, 0.3) is 0 Å². The number of benzene rings is 1. The third kappa shape index (κ3) is 1.87. The first-order valence-electron chi connectivity index (χ1n) is 5.71. The molecule has 2 aromatic rings. The van der Waals surface area contributed by atoms with Crippen molar-refractivity contribution in [3.63, 3.8) is 0 Å². The van der Waals surface area contributed by atoms with E-state index in [1.165, 1.54) is 0 Å². The van der Waals surface area contributed by atoms with E-state index in [-0.39, 0.29) is 5.41 Å². The number of nitrogens with zero attached hydrogens (tertiary/aromatic N) is 1. The fourth-order valence-electron chi connectivity index (χ4n) is 1.94. The van der Waals surface area contributed by atoms with Gasteiger partial charge in [-0.25, -0.2) is 0 Å². The van der Waals surface area contributed by atoms with Crippen LogP contribution < -0.4 is 5.32 Å². The summed E-state index contributed by atoms with van der Waals surface area (Å²) in [6.45, 7) is 6.47. The van der Waals surface area contributed by atoms with Crippen molar-refractivity contribution in [1.29, 1.82) is 5.26 Å². The maximum absolute atomic E-state index is 9.26. The first-order chi connectivity index (χ1) is 7.97. The Bertz CT molecular complexity index is 594.